The van der Waals surface area contributed by atoms with E-state index in [0.29, 0.717) is 21.2 Å². The van der Waals surface area contributed by atoms with E-state index >= 15 is 0 Å². The van der Waals surface area contributed by atoms with Gasteiger partial charge in [-0.25, -0.2) is 0 Å². The number of aryl methyl sites for hydroxylation is 2. The van der Waals surface area contributed by atoms with Crippen LogP contribution in [0.25, 0.3) is 11.4 Å². The summed E-state index contributed by atoms with van der Waals surface area (Å²) < 4.78 is 3.64. The summed E-state index contributed by atoms with van der Waals surface area (Å²) in [6.45, 7) is 6.29. The molecule has 0 bridgehead atoms. The number of carbonyl (C=O) groups excluding carboxylic acids is 1. The molecule has 6 heteroatoms. The Labute approximate surface area is 212 Å². The predicted octanol–water partition coefficient (Wildman–Crippen LogP) is 3.13. The van der Waals surface area contributed by atoms with Crippen LogP contribution in [0.5, 0.6) is 0 Å². The number of H-pyrrole nitrogens is 1. The average Bonchev–Trinajstić information content (AvgIpc) is 3.29. The van der Waals surface area contributed by atoms with Gasteiger partial charge in [0.05, 0.1) is 0 Å². The summed E-state index contributed by atoms with van der Waals surface area (Å²) in [4.78, 5) is 18.9. The molecule has 2 aliphatic rings. The van der Waals surface area contributed by atoms with Crippen molar-refractivity contribution >= 4 is 3.79 Å². The summed E-state index contributed by atoms with van der Waals surface area (Å²) >= 11 is -2.66. The molecule has 3 aromatic rings. The van der Waals surface area contributed by atoms with E-state index in [2.05, 4.69) is 59.4 Å². The molecule has 184 valence electrons. The number of aromatic amines is 1. The van der Waals surface area contributed by atoms with Gasteiger partial charge < -0.3 is 0 Å². The molecular weight excluding hydrogens is 547 g/mol. The second-order valence-electron chi connectivity index (χ2n) is 10.0. The Morgan fingerprint density at radius 1 is 1.09 bits per heavy atom. The molecule has 35 heavy (non-hydrogen) atoms. The van der Waals surface area contributed by atoms with E-state index in [0.717, 1.165) is 54.5 Å². The van der Waals surface area contributed by atoms with E-state index in [1.165, 1.54) is 30.4 Å². The first-order valence-electron chi connectivity index (χ1n) is 12.7. The minimum atomic E-state index is -2.66. The fraction of sp³-hybridized carbons (Fsp3) is 0.448. The van der Waals surface area contributed by atoms with Gasteiger partial charge in [-0.15, -0.1) is 0 Å². The number of nitriles is 1. The van der Waals surface area contributed by atoms with Crippen LogP contribution in [0.3, 0.4) is 0 Å². The number of hydrogen-bond acceptors (Lipinski definition) is 4. The van der Waals surface area contributed by atoms with Crippen molar-refractivity contribution in [2.75, 3.05) is 13.3 Å². The van der Waals surface area contributed by atoms with Gasteiger partial charge >= 0.3 is 213 Å². The first-order valence-corrected chi connectivity index (χ1v) is 18.4. The third-order valence-electron chi connectivity index (χ3n) is 8.02. The zero-order valence-corrected chi connectivity index (χ0v) is 23.1. The molecule has 0 spiro atoms. The SMILES string of the molecule is CC[I-]1(C(=O)c2cc(-c3n[nH]c(C)n3)c(C3CCC3)cc2C)CCC(c2ccc(C#N)cc2)CC1. The molecule has 0 atom stereocenters. The molecule has 5 rings (SSSR count). The van der Waals surface area contributed by atoms with E-state index in [4.69, 9.17) is 5.26 Å². The van der Waals surface area contributed by atoms with Crippen LogP contribution in [-0.2, 0) is 0 Å². The number of alkyl halides is 3. The van der Waals surface area contributed by atoms with Crippen molar-refractivity contribution in [3.05, 3.63) is 70.0 Å². The average molecular weight is 582 g/mol. The Morgan fingerprint density at radius 3 is 2.34 bits per heavy atom. The van der Waals surface area contributed by atoms with Gasteiger partial charge in [-0.3, -0.25) is 0 Å². The fourth-order valence-electron chi connectivity index (χ4n) is 5.52. The molecule has 2 heterocycles. The van der Waals surface area contributed by atoms with Crippen LogP contribution >= 0.6 is 0 Å². The molecule has 0 unspecified atom stereocenters. The van der Waals surface area contributed by atoms with Crippen molar-refractivity contribution in [1.82, 2.24) is 15.2 Å². The molecule has 1 aliphatic carbocycles. The number of carbonyl (C=O) groups is 1. The van der Waals surface area contributed by atoms with Crippen LogP contribution in [-0.4, -0.2) is 32.3 Å². The second kappa shape index (κ2) is 9.85. The first-order chi connectivity index (χ1) is 16.9. The Kier molecular flexibility index (Phi) is 6.80. The maximum atomic E-state index is 14.2. The minimum absolute atomic E-state index is 0.462. The summed E-state index contributed by atoms with van der Waals surface area (Å²) in [6, 6.07) is 14.7. The van der Waals surface area contributed by atoms with Gasteiger partial charge in [0.15, 0.2) is 0 Å². The van der Waals surface area contributed by atoms with Crippen molar-refractivity contribution in [3.63, 3.8) is 0 Å². The van der Waals surface area contributed by atoms with E-state index in [1.54, 1.807) is 0 Å². The van der Waals surface area contributed by atoms with Gasteiger partial charge in [0.2, 0.25) is 0 Å². The summed E-state index contributed by atoms with van der Waals surface area (Å²) in [7, 11) is 0. The third-order valence-corrected chi connectivity index (χ3v) is 19.0. The number of nitrogens with zero attached hydrogens (tertiary/aromatic N) is 3. The summed E-state index contributed by atoms with van der Waals surface area (Å²) in [5, 5.41) is 16.6. The molecule has 1 aliphatic heterocycles. The Morgan fingerprint density at radius 2 is 1.80 bits per heavy atom. The third kappa shape index (κ3) is 4.55. The second-order valence-corrected chi connectivity index (χ2v) is 20.2. The number of benzene rings is 2. The van der Waals surface area contributed by atoms with Crippen LogP contribution < -0.4 is 18.4 Å². The normalized spacial score (nSPS) is 24.2. The van der Waals surface area contributed by atoms with Gasteiger partial charge in [0.1, 0.15) is 0 Å². The molecule has 1 N–H and O–H groups in total. The summed E-state index contributed by atoms with van der Waals surface area (Å²) in [5.41, 5.74) is 6.42. The van der Waals surface area contributed by atoms with E-state index in [9.17, 15) is 4.79 Å². The Balaban J connectivity index is 1.44. The van der Waals surface area contributed by atoms with Crippen LogP contribution in [0.15, 0.2) is 36.4 Å². The van der Waals surface area contributed by atoms with Crippen molar-refractivity contribution in [2.24, 2.45) is 0 Å². The molecule has 1 saturated heterocycles. The zero-order chi connectivity index (χ0) is 24.6. The van der Waals surface area contributed by atoms with Gasteiger partial charge in [-0.1, -0.05) is 0 Å². The van der Waals surface area contributed by atoms with Crippen molar-refractivity contribution in [2.45, 2.75) is 64.7 Å². The maximum absolute atomic E-state index is 14.2. The number of hydrogen-bond donors (Lipinski definition) is 1. The van der Waals surface area contributed by atoms with Crippen LogP contribution in [0.2, 0.25) is 0 Å². The van der Waals surface area contributed by atoms with Gasteiger partial charge in [-0.2, -0.15) is 0 Å². The van der Waals surface area contributed by atoms with E-state index < -0.39 is 18.4 Å². The van der Waals surface area contributed by atoms with Crippen molar-refractivity contribution in [3.8, 4) is 17.5 Å². The molecule has 1 aromatic heterocycles. The summed E-state index contributed by atoms with van der Waals surface area (Å²) in [6.07, 6.45) is 5.83. The predicted molar refractivity (Wildman–Crippen MR) is 136 cm³/mol. The fourth-order valence-corrected chi connectivity index (χ4v) is 15.0. The van der Waals surface area contributed by atoms with Gasteiger partial charge in [0, 0.05) is 0 Å². The molecule has 0 amide bonds. The van der Waals surface area contributed by atoms with Gasteiger partial charge in [-0.05, 0) is 0 Å². The Bertz CT molecular complexity index is 1280. The molecule has 1 saturated carbocycles. The molecule has 2 fully saturated rings. The Hall–Kier alpha value is -2.53. The number of halogens is 1. The van der Waals surface area contributed by atoms with Crippen molar-refractivity contribution < 1.29 is 23.2 Å². The first kappa shape index (κ1) is 24.2. The van der Waals surface area contributed by atoms with Crippen LogP contribution in [0.1, 0.15) is 89.3 Å². The van der Waals surface area contributed by atoms with E-state index in [1.807, 2.05) is 19.1 Å². The monoisotopic (exact) mass is 581 g/mol. The molecule has 2 aromatic carbocycles. The number of nitrogens with one attached hydrogen (secondary N) is 1. The number of aromatic nitrogens is 3. The topological polar surface area (TPSA) is 82.4 Å². The zero-order valence-electron chi connectivity index (χ0n) is 20.9. The summed E-state index contributed by atoms with van der Waals surface area (Å²) in [5.74, 6) is 2.57. The van der Waals surface area contributed by atoms with E-state index in [-0.39, 0.29) is 0 Å². The quantitative estimate of drug-likeness (QED) is 0.276. The van der Waals surface area contributed by atoms with Crippen molar-refractivity contribution in [1.29, 1.82) is 5.26 Å². The van der Waals surface area contributed by atoms with Crippen LogP contribution in [0, 0.1) is 25.2 Å². The van der Waals surface area contributed by atoms with Crippen LogP contribution in [0.4, 0.5) is 0 Å². The number of rotatable bonds is 6. The molecule has 5 nitrogen and oxygen atoms in total. The molecule has 0 radical (unpaired) electrons. The standard InChI is InChI=1S/C29H34IN4O/c1-4-30(14-12-23(13-15-30)22-10-8-21(18-31)9-11-22)28(35)25-17-27(29-32-20(3)33-34-29)26(16-19(25)2)24-6-5-7-24/h8-11,16-17,23-24H,4-7,12-15H2,1-3H3,(H,32,33,34)/q-1. The molecular formula is C29H34IN4O-. The van der Waals surface area contributed by atoms with Gasteiger partial charge in [0.25, 0.3) is 0 Å².